The Balaban J connectivity index is 1.16. The van der Waals surface area contributed by atoms with E-state index < -0.39 is 6.08 Å². The number of hydrogen-bond donors (Lipinski definition) is 2. The summed E-state index contributed by atoms with van der Waals surface area (Å²) in [6, 6.07) is 4.31. The van der Waals surface area contributed by atoms with Crippen LogP contribution in [-0.4, -0.2) is 68.4 Å². The standard InChI is InChI=1S/C23H25FN8O2/c24-23-30-21-20(27-13-28-21)22(31-23)29-14-1-3-16(4-2-14)34-18-12-15(32-7-9-33-10-8-32)11-17-19(18)26-6-5-25-17/h5-6,11-14,16H,1-4,7-10H2,(H2,27,28,29,30,31). The van der Waals surface area contributed by atoms with Crippen LogP contribution in [0, 0.1) is 6.08 Å². The highest BCUT2D eigenvalue weighted by molar-refractivity contribution is 5.85. The van der Waals surface area contributed by atoms with Crippen molar-refractivity contribution in [2.75, 3.05) is 36.5 Å². The molecule has 4 aromatic rings. The third kappa shape index (κ3) is 4.18. The van der Waals surface area contributed by atoms with Crippen molar-refractivity contribution >= 4 is 33.7 Å². The van der Waals surface area contributed by atoms with Crippen LogP contribution in [0.15, 0.2) is 30.9 Å². The van der Waals surface area contributed by atoms with E-state index in [4.69, 9.17) is 9.47 Å². The molecule has 1 aromatic carbocycles. The zero-order valence-corrected chi connectivity index (χ0v) is 18.6. The Hall–Kier alpha value is -3.60. The molecule has 1 aliphatic carbocycles. The molecule has 10 nitrogen and oxygen atoms in total. The lowest BCUT2D eigenvalue weighted by atomic mass is 9.93. The molecule has 0 unspecified atom stereocenters. The van der Waals surface area contributed by atoms with Gasteiger partial charge in [-0.05, 0) is 31.7 Å². The van der Waals surface area contributed by atoms with Crippen molar-refractivity contribution in [3.05, 3.63) is 36.9 Å². The van der Waals surface area contributed by atoms with Crippen LogP contribution >= 0.6 is 0 Å². The number of fused-ring (bicyclic) bond motifs is 2. The topological polar surface area (TPSA) is 114 Å². The SMILES string of the molecule is Fc1nc(NC2CCC(Oc3cc(N4CCOCC4)cc4nccnc34)CC2)c2[nH]cnc2n1. The summed E-state index contributed by atoms with van der Waals surface area (Å²) in [6.45, 7) is 3.12. The quantitative estimate of drug-likeness (QED) is 0.430. The van der Waals surface area contributed by atoms with Gasteiger partial charge in [0.15, 0.2) is 11.5 Å². The third-order valence-corrected chi connectivity index (χ3v) is 6.47. The van der Waals surface area contributed by atoms with E-state index in [1.54, 1.807) is 12.4 Å². The number of morpholine rings is 1. The molecule has 1 aliphatic heterocycles. The first-order valence-corrected chi connectivity index (χ1v) is 11.6. The maximum absolute atomic E-state index is 13.8. The second kappa shape index (κ2) is 8.98. The summed E-state index contributed by atoms with van der Waals surface area (Å²) in [5, 5.41) is 3.36. The minimum atomic E-state index is -0.785. The number of anilines is 2. The molecule has 3 aromatic heterocycles. The largest absolute Gasteiger partial charge is 0.488 e. The molecule has 0 radical (unpaired) electrons. The zero-order valence-electron chi connectivity index (χ0n) is 18.6. The van der Waals surface area contributed by atoms with Crippen molar-refractivity contribution in [2.45, 2.75) is 37.8 Å². The highest BCUT2D eigenvalue weighted by atomic mass is 19.1. The minimum absolute atomic E-state index is 0.0671. The molecular formula is C23H25FN8O2. The van der Waals surface area contributed by atoms with Crippen LogP contribution in [0.5, 0.6) is 5.75 Å². The lowest BCUT2D eigenvalue weighted by Gasteiger charge is -2.31. The molecule has 176 valence electrons. The fourth-order valence-electron chi connectivity index (χ4n) is 4.73. The van der Waals surface area contributed by atoms with Gasteiger partial charge in [-0.25, -0.2) is 9.97 Å². The van der Waals surface area contributed by atoms with Gasteiger partial charge in [-0.3, -0.25) is 4.98 Å². The highest BCUT2D eigenvalue weighted by Crippen LogP contribution is 2.33. The Labute approximate surface area is 194 Å². The number of nitrogens with one attached hydrogen (secondary N) is 2. The number of H-pyrrole nitrogens is 1. The summed E-state index contributed by atoms with van der Waals surface area (Å²) in [5.41, 5.74) is 3.62. The summed E-state index contributed by atoms with van der Waals surface area (Å²) in [4.78, 5) is 26.0. The van der Waals surface area contributed by atoms with E-state index in [0.29, 0.717) is 30.2 Å². The number of rotatable bonds is 5. The van der Waals surface area contributed by atoms with Gasteiger partial charge in [-0.2, -0.15) is 14.4 Å². The van der Waals surface area contributed by atoms with Gasteiger partial charge in [-0.15, -0.1) is 0 Å². The zero-order chi connectivity index (χ0) is 22.9. The van der Waals surface area contributed by atoms with E-state index >= 15 is 0 Å². The van der Waals surface area contributed by atoms with E-state index in [9.17, 15) is 4.39 Å². The molecule has 0 atom stereocenters. The Kier molecular flexibility index (Phi) is 5.54. The van der Waals surface area contributed by atoms with Gasteiger partial charge in [-0.1, -0.05) is 0 Å². The minimum Gasteiger partial charge on any atom is -0.488 e. The first-order chi connectivity index (χ1) is 16.7. The van der Waals surface area contributed by atoms with Crippen molar-refractivity contribution in [1.29, 1.82) is 0 Å². The van der Waals surface area contributed by atoms with E-state index in [2.05, 4.69) is 52.3 Å². The Morgan fingerprint density at radius 1 is 1.03 bits per heavy atom. The molecule has 2 aliphatic rings. The molecule has 34 heavy (non-hydrogen) atoms. The van der Waals surface area contributed by atoms with Gasteiger partial charge in [0, 0.05) is 43.3 Å². The summed E-state index contributed by atoms with van der Waals surface area (Å²) >= 11 is 0. The van der Waals surface area contributed by atoms with Crippen LogP contribution in [0.2, 0.25) is 0 Å². The summed E-state index contributed by atoms with van der Waals surface area (Å²) in [5.74, 6) is 1.21. The monoisotopic (exact) mass is 464 g/mol. The number of hydrogen-bond acceptors (Lipinski definition) is 9. The Morgan fingerprint density at radius 3 is 2.71 bits per heavy atom. The van der Waals surface area contributed by atoms with Gasteiger partial charge < -0.3 is 24.7 Å². The molecule has 0 bridgehead atoms. The van der Waals surface area contributed by atoms with E-state index in [0.717, 1.165) is 61.2 Å². The molecule has 0 spiro atoms. The van der Waals surface area contributed by atoms with Crippen molar-refractivity contribution in [3.8, 4) is 5.75 Å². The molecule has 11 heteroatoms. The van der Waals surface area contributed by atoms with Gasteiger partial charge in [0.25, 0.3) is 0 Å². The van der Waals surface area contributed by atoms with Gasteiger partial charge in [0.1, 0.15) is 16.8 Å². The van der Waals surface area contributed by atoms with Crippen molar-refractivity contribution < 1.29 is 13.9 Å². The van der Waals surface area contributed by atoms with Crippen LogP contribution < -0.4 is 15.0 Å². The normalized spacial score (nSPS) is 21.1. The first kappa shape index (κ1) is 21.0. The smallest absolute Gasteiger partial charge is 0.312 e. The highest BCUT2D eigenvalue weighted by Gasteiger charge is 2.25. The first-order valence-electron chi connectivity index (χ1n) is 11.6. The number of nitrogens with zero attached hydrogens (tertiary/aromatic N) is 6. The Bertz CT molecular complexity index is 1300. The predicted octanol–water partition coefficient (Wildman–Crippen LogP) is 3.07. The summed E-state index contributed by atoms with van der Waals surface area (Å²) in [7, 11) is 0. The van der Waals surface area contributed by atoms with Crippen LogP contribution in [0.3, 0.4) is 0 Å². The van der Waals surface area contributed by atoms with Crippen molar-refractivity contribution in [3.63, 3.8) is 0 Å². The molecule has 1 saturated carbocycles. The number of aromatic amines is 1. The summed E-state index contributed by atoms with van der Waals surface area (Å²) in [6.07, 6.45) is 7.65. The predicted molar refractivity (Wildman–Crippen MR) is 125 cm³/mol. The Morgan fingerprint density at radius 2 is 1.85 bits per heavy atom. The lowest BCUT2D eigenvalue weighted by molar-refractivity contribution is 0.122. The van der Waals surface area contributed by atoms with Crippen molar-refractivity contribution in [1.82, 2.24) is 29.9 Å². The average molecular weight is 465 g/mol. The number of imidazole rings is 1. The molecule has 4 heterocycles. The van der Waals surface area contributed by atoms with E-state index in [-0.39, 0.29) is 12.1 Å². The van der Waals surface area contributed by atoms with Crippen LogP contribution in [-0.2, 0) is 4.74 Å². The maximum atomic E-state index is 13.8. The number of benzene rings is 1. The maximum Gasteiger partial charge on any atom is 0.312 e. The van der Waals surface area contributed by atoms with Gasteiger partial charge in [0.05, 0.1) is 31.2 Å². The fourth-order valence-corrected chi connectivity index (χ4v) is 4.73. The molecule has 2 N–H and O–H groups in total. The van der Waals surface area contributed by atoms with Gasteiger partial charge >= 0.3 is 6.08 Å². The molecular weight excluding hydrogens is 439 g/mol. The fraction of sp³-hybridized carbons (Fsp3) is 0.435. The number of aromatic nitrogens is 6. The van der Waals surface area contributed by atoms with Crippen LogP contribution in [0.25, 0.3) is 22.2 Å². The lowest BCUT2D eigenvalue weighted by Crippen LogP contribution is -2.36. The van der Waals surface area contributed by atoms with E-state index in [1.165, 1.54) is 6.33 Å². The number of halogens is 1. The van der Waals surface area contributed by atoms with Crippen LogP contribution in [0.1, 0.15) is 25.7 Å². The summed E-state index contributed by atoms with van der Waals surface area (Å²) < 4.78 is 25.8. The van der Waals surface area contributed by atoms with Crippen molar-refractivity contribution in [2.24, 2.45) is 0 Å². The second-order valence-electron chi connectivity index (χ2n) is 8.65. The molecule has 0 amide bonds. The second-order valence-corrected chi connectivity index (χ2v) is 8.65. The number of ether oxygens (including phenoxy) is 2. The molecule has 1 saturated heterocycles. The van der Waals surface area contributed by atoms with E-state index in [1.807, 2.05) is 0 Å². The van der Waals surface area contributed by atoms with Crippen LogP contribution in [0.4, 0.5) is 15.9 Å². The third-order valence-electron chi connectivity index (χ3n) is 6.47. The molecule has 2 fully saturated rings. The average Bonchev–Trinajstić information content (AvgIpc) is 3.34. The molecule has 6 rings (SSSR count). The van der Waals surface area contributed by atoms with Gasteiger partial charge in [0.2, 0.25) is 0 Å².